The minimum absolute atomic E-state index is 0.548. The van der Waals surface area contributed by atoms with Crippen LogP contribution in [0.15, 0.2) is 24.3 Å². The van der Waals surface area contributed by atoms with Crippen molar-refractivity contribution in [1.29, 1.82) is 0 Å². The quantitative estimate of drug-likeness (QED) is 0.733. The Hall–Kier alpha value is -0.780. The summed E-state index contributed by atoms with van der Waals surface area (Å²) in [7, 11) is 0. The first kappa shape index (κ1) is 6.90. The van der Waals surface area contributed by atoms with Gasteiger partial charge in [-0.05, 0) is 12.1 Å². The van der Waals surface area contributed by atoms with E-state index in [0.717, 1.165) is 11.0 Å². The van der Waals surface area contributed by atoms with E-state index < -0.39 is 0 Å². The molecule has 4 heteroatoms. The first-order valence-electron chi connectivity index (χ1n) is 3.18. The van der Waals surface area contributed by atoms with Crippen molar-refractivity contribution in [3.05, 3.63) is 24.3 Å². The number of fused-ring (bicyclic) bond motifs is 1. The van der Waals surface area contributed by atoms with Crippen LogP contribution in [-0.4, -0.2) is 7.76 Å². The molecule has 0 fully saturated rings. The highest BCUT2D eigenvalue weighted by Gasteiger charge is 2.02. The van der Waals surface area contributed by atoms with Crippen LogP contribution < -0.4 is 5.73 Å². The molecule has 0 unspecified atom stereocenters. The Morgan fingerprint density at radius 3 is 2.82 bits per heavy atom. The van der Waals surface area contributed by atoms with Gasteiger partial charge in [-0.3, -0.25) is 2.78 Å². The Morgan fingerprint density at radius 1 is 1.36 bits per heavy atom. The molecule has 0 saturated carbocycles. The summed E-state index contributed by atoms with van der Waals surface area (Å²) in [4.78, 5) is 4.15. The molecule has 0 saturated heterocycles. The molecular weight excluding hydrogens is 253 g/mol. The molecule has 1 aromatic carbocycles. The highest BCUT2D eigenvalue weighted by Crippen LogP contribution is 2.19. The van der Waals surface area contributed by atoms with E-state index in [1.807, 2.05) is 27.0 Å². The summed E-state index contributed by atoms with van der Waals surface area (Å²) in [5.41, 5.74) is 7.60. The largest absolute Gasteiger partial charge is 0.369 e. The highest BCUT2D eigenvalue weighted by molar-refractivity contribution is 14.1. The van der Waals surface area contributed by atoms with E-state index in [-0.39, 0.29) is 0 Å². The lowest BCUT2D eigenvalue weighted by molar-refractivity contribution is 1.33. The molecule has 56 valence electrons. The third-order valence-electron chi connectivity index (χ3n) is 1.53. The van der Waals surface area contributed by atoms with Gasteiger partial charge < -0.3 is 5.73 Å². The molecule has 0 radical (unpaired) electrons. The summed E-state index contributed by atoms with van der Waals surface area (Å²) in [5.74, 6) is 0.548. The fourth-order valence-corrected chi connectivity index (χ4v) is 1.53. The van der Waals surface area contributed by atoms with E-state index in [1.165, 1.54) is 0 Å². The van der Waals surface area contributed by atoms with Crippen LogP contribution in [0.4, 0.5) is 5.95 Å². The smallest absolute Gasteiger partial charge is 0.210 e. The Kier molecular flexibility index (Phi) is 1.49. The van der Waals surface area contributed by atoms with Crippen molar-refractivity contribution in [3.8, 4) is 0 Å². The first-order valence-corrected chi connectivity index (χ1v) is 4.14. The second-order valence-electron chi connectivity index (χ2n) is 2.24. The second kappa shape index (κ2) is 2.37. The molecule has 0 aliphatic carbocycles. The number of nitrogens with zero attached hydrogens (tertiary/aromatic N) is 2. The maximum absolute atomic E-state index is 5.60. The molecule has 2 rings (SSSR count). The molecule has 0 amide bonds. The zero-order valence-corrected chi connectivity index (χ0v) is 7.82. The lowest BCUT2D eigenvalue weighted by Crippen LogP contribution is -1.90. The standard InChI is InChI=1S/C7H6IN3/c8-11-6-4-2-1-3-5(6)10-7(11)9/h1-4H,(H2,9,10). The van der Waals surface area contributed by atoms with Gasteiger partial charge in [0.25, 0.3) is 0 Å². The first-order chi connectivity index (χ1) is 5.29. The number of nitrogens with two attached hydrogens (primary N) is 1. The number of rotatable bonds is 0. The van der Waals surface area contributed by atoms with Gasteiger partial charge >= 0.3 is 0 Å². The zero-order chi connectivity index (χ0) is 7.84. The van der Waals surface area contributed by atoms with Crippen LogP contribution in [0.5, 0.6) is 0 Å². The highest BCUT2D eigenvalue weighted by atomic mass is 127. The van der Waals surface area contributed by atoms with Gasteiger partial charge in [0.15, 0.2) is 0 Å². The number of benzene rings is 1. The summed E-state index contributed by atoms with van der Waals surface area (Å²) in [6, 6.07) is 7.86. The van der Waals surface area contributed by atoms with Crippen molar-refractivity contribution < 1.29 is 0 Å². The van der Waals surface area contributed by atoms with Crippen LogP contribution in [0, 0.1) is 0 Å². The van der Waals surface area contributed by atoms with E-state index in [0.29, 0.717) is 5.95 Å². The van der Waals surface area contributed by atoms with Crippen molar-refractivity contribution in [3.63, 3.8) is 0 Å². The van der Waals surface area contributed by atoms with Crippen LogP contribution in [0.1, 0.15) is 0 Å². The second-order valence-corrected chi connectivity index (χ2v) is 3.20. The van der Waals surface area contributed by atoms with Crippen LogP contribution >= 0.6 is 22.9 Å². The molecule has 1 heterocycles. The minimum atomic E-state index is 0.548. The Bertz CT molecular complexity index is 393. The number of para-hydroxylation sites is 2. The number of halogens is 1. The van der Waals surface area contributed by atoms with E-state index in [1.54, 1.807) is 0 Å². The number of imidazole rings is 1. The van der Waals surface area contributed by atoms with E-state index >= 15 is 0 Å². The van der Waals surface area contributed by atoms with Crippen LogP contribution in [-0.2, 0) is 0 Å². The molecule has 2 aromatic rings. The van der Waals surface area contributed by atoms with Gasteiger partial charge in [-0.25, -0.2) is 4.98 Å². The van der Waals surface area contributed by atoms with Crippen molar-refractivity contribution in [2.75, 3.05) is 5.73 Å². The molecule has 3 nitrogen and oxygen atoms in total. The molecule has 2 N–H and O–H groups in total. The summed E-state index contributed by atoms with van der Waals surface area (Å²) < 4.78 is 1.84. The molecule has 0 spiro atoms. The summed E-state index contributed by atoms with van der Waals surface area (Å²) >= 11 is 2.13. The lowest BCUT2D eigenvalue weighted by atomic mass is 10.3. The fraction of sp³-hybridized carbons (Fsp3) is 0. The zero-order valence-electron chi connectivity index (χ0n) is 5.66. The minimum Gasteiger partial charge on any atom is -0.369 e. The van der Waals surface area contributed by atoms with Crippen LogP contribution in [0.25, 0.3) is 11.0 Å². The van der Waals surface area contributed by atoms with E-state index in [4.69, 9.17) is 5.73 Å². The summed E-state index contributed by atoms with van der Waals surface area (Å²) in [5, 5.41) is 0. The van der Waals surface area contributed by atoms with Gasteiger partial charge in [0, 0.05) is 0 Å². The third-order valence-corrected chi connectivity index (χ3v) is 2.54. The topological polar surface area (TPSA) is 43.8 Å². The number of hydrogen-bond donors (Lipinski definition) is 1. The normalized spacial score (nSPS) is 10.6. The van der Waals surface area contributed by atoms with Crippen molar-refractivity contribution in [2.45, 2.75) is 0 Å². The maximum atomic E-state index is 5.60. The van der Waals surface area contributed by atoms with Crippen molar-refractivity contribution >= 4 is 39.8 Å². The maximum Gasteiger partial charge on any atom is 0.210 e. The van der Waals surface area contributed by atoms with Gasteiger partial charge in [0.1, 0.15) is 0 Å². The van der Waals surface area contributed by atoms with Crippen LogP contribution in [0.3, 0.4) is 0 Å². The van der Waals surface area contributed by atoms with E-state index in [9.17, 15) is 0 Å². The molecule has 1 aromatic heterocycles. The molecule has 0 atom stereocenters. The number of aromatic nitrogens is 2. The molecular formula is C7H6IN3. The Labute approximate surface area is 77.7 Å². The van der Waals surface area contributed by atoms with E-state index in [2.05, 4.69) is 27.8 Å². The molecule has 11 heavy (non-hydrogen) atoms. The molecule has 0 aliphatic rings. The molecule has 0 bridgehead atoms. The summed E-state index contributed by atoms with van der Waals surface area (Å²) in [6.45, 7) is 0. The SMILES string of the molecule is Nc1nc2ccccc2n1I. The summed E-state index contributed by atoms with van der Waals surface area (Å²) in [6.07, 6.45) is 0. The average molecular weight is 259 g/mol. The molecule has 0 aliphatic heterocycles. The predicted molar refractivity (Wildman–Crippen MR) is 53.6 cm³/mol. The van der Waals surface area contributed by atoms with Gasteiger partial charge in [0.2, 0.25) is 5.95 Å². The van der Waals surface area contributed by atoms with Gasteiger partial charge in [-0.15, -0.1) is 0 Å². The number of nitrogen functional groups attached to an aromatic ring is 1. The van der Waals surface area contributed by atoms with Crippen LogP contribution in [0.2, 0.25) is 0 Å². The average Bonchev–Trinajstić information content (AvgIpc) is 2.30. The third kappa shape index (κ3) is 0.973. The van der Waals surface area contributed by atoms with Crippen molar-refractivity contribution in [2.24, 2.45) is 0 Å². The monoisotopic (exact) mass is 259 g/mol. The fourth-order valence-electron chi connectivity index (χ4n) is 1.02. The van der Waals surface area contributed by atoms with Crippen molar-refractivity contribution in [1.82, 2.24) is 7.76 Å². The predicted octanol–water partition coefficient (Wildman–Crippen LogP) is 1.82. The van der Waals surface area contributed by atoms with Gasteiger partial charge in [-0.2, -0.15) is 0 Å². The van der Waals surface area contributed by atoms with Gasteiger partial charge in [-0.1, -0.05) is 12.1 Å². The number of anilines is 1. The lowest BCUT2D eigenvalue weighted by Gasteiger charge is -1.90. The number of hydrogen-bond acceptors (Lipinski definition) is 2. The van der Waals surface area contributed by atoms with Gasteiger partial charge in [0.05, 0.1) is 33.9 Å². The Morgan fingerprint density at radius 2 is 2.09 bits per heavy atom. The Balaban J connectivity index is 2.92.